The number of hydrogen-bond acceptors (Lipinski definition) is 8. The maximum Gasteiger partial charge on any atom is 0.271 e. The van der Waals surface area contributed by atoms with Crippen LogP contribution in [0.2, 0.25) is 0 Å². The van der Waals surface area contributed by atoms with Crippen molar-refractivity contribution in [2.24, 2.45) is 0 Å². The van der Waals surface area contributed by atoms with Crippen molar-refractivity contribution in [1.29, 1.82) is 0 Å². The molecule has 5 rings (SSSR count). The summed E-state index contributed by atoms with van der Waals surface area (Å²) in [6.07, 6.45) is 0. The first kappa shape index (κ1) is 22.8. The Morgan fingerprint density at radius 1 is 0.944 bits per heavy atom. The van der Waals surface area contributed by atoms with E-state index in [0.717, 1.165) is 5.69 Å². The van der Waals surface area contributed by atoms with Gasteiger partial charge in [0.15, 0.2) is 5.82 Å². The average molecular weight is 486 g/mol. The molecule has 0 fully saturated rings. The molecule has 2 aromatic carbocycles. The summed E-state index contributed by atoms with van der Waals surface area (Å²) in [5.41, 5.74) is 2.89. The molecule has 3 aromatic heterocycles. The average Bonchev–Trinajstić information content (AvgIpc) is 3.46. The van der Waals surface area contributed by atoms with Crippen LogP contribution in [0.1, 0.15) is 26.5 Å². The van der Waals surface area contributed by atoms with Gasteiger partial charge in [-0.15, -0.1) is 0 Å². The van der Waals surface area contributed by atoms with Gasteiger partial charge >= 0.3 is 0 Å². The lowest BCUT2D eigenvalue weighted by atomic mass is 9.92. The highest BCUT2D eigenvalue weighted by atomic mass is 16.6. The van der Waals surface area contributed by atoms with Crippen molar-refractivity contribution < 1.29 is 4.92 Å². The Hall–Kier alpha value is -5.00. The van der Waals surface area contributed by atoms with Crippen molar-refractivity contribution in [3.05, 3.63) is 80.8 Å². The van der Waals surface area contributed by atoms with Gasteiger partial charge in [-0.1, -0.05) is 32.9 Å². The molecule has 5 aromatic rings. The SMILES string of the molecule is CC(C)(C)c1cc(Nc2cc(-c3cccc([N+](=O)[O-])c3)nc(Nc3ccc4c(=O)[nH][nH]c4c3)n2)n[nH]1. The number of nitro groups is 1. The van der Waals surface area contributed by atoms with Gasteiger partial charge in [-0.3, -0.25) is 30.2 Å². The van der Waals surface area contributed by atoms with Crippen LogP contribution in [0.15, 0.2) is 59.4 Å². The topological polar surface area (TPSA) is 170 Å². The van der Waals surface area contributed by atoms with Crippen molar-refractivity contribution in [3.8, 4) is 11.3 Å². The van der Waals surface area contributed by atoms with Crippen LogP contribution in [0.3, 0.4) is 0 Å². The highest BCUT2D eigenvalue weighted by Crippen LogP contribution is 2.29. The van der Waals surface area contributed by atoms with E-state index in [1.165, 1.54) is 12.1 Å². The van der Waals surface area contributed by atoms with Gasteiger partial charge < -0.3 is 10.6 Å². The van der Waals surface area contributed by atoms with E-state index in [1.807, 2.05) is 6.07 Å². The molecule has 182 valence electrons. The number of hydrogen-bond donors (Lipinski definition) is 5. The van der Waals surface area contributed by atoms with Crippen LogP contribution in [-0.4, -0.2) is 35.3 Å². The van der Waals surface area contributed by atoms with Crippen molar-refractivity contribution in [3.63, 3.8) is 0 Å². The molecule has 0 amide bonds. The number of benzene rings is 2. The van der Waals surface area contributed by atoms with Gasteiger partial charge in [0.05, 0.1) is 21.5 Å². The molecule has 36 heavy (non-hydrogen) atoms. The lowest BCUT2D eigenvalue weighted by molar-refractivity contribution is -0.384. The summed E-state index contributed by atoms with van der Waals surface area (Å²) in [5.74, 6) is 1.27. The fourth-order valence-corrected chi connectivity index (χ4v) is 3.64. The Kier molecular flexibility index (Phi) is 5.47. The van der Waals surface area contributed by atoms with Gasteiger partial charge in [0.25, 0.3) is 11.2 Å². The van der Waals surface area contributed by atoms with Crippen LogP contribution < -0.4 is 16.2 Å². The van der Waals surface area contributed by atoms with Gasteiger partial charge in [0.1, 0.15) is 5.82 Å². The zero-order valence-electron chi connectivity index (χ0n) is 19.7. The maximum absolute atomic E-state index is 11.8. The van der Waals surface area contributed by atoms with Gasteiger partial charge in [0.2, 0.25) is 5.95 Å². The lowest BCUT2D eigenvalue weighted by Crippen LogP contribution is -2.11. The number of anilines is 4. The minimum atomic E-state index is -0.451. The number of aromatic nitrogens is 6. The molecule has 0 radical (unpaired) electrons. The molecule has 0 saturated heterocycles. The van der Waals surface area contributed by atoms with Gasteiger partial charge in [-0.2, -0.15) is 10.1 Å². The summed E-state index contributed by atoms with van der Waals surface area (Å²) >= 11 is 0. The summed E-state index contributed by atoms with van der Waals surface area (Å²) < 4.78 is 0. The number of nitro benzene ring substituents is 1. The molecule has 0 spiro atoms. The number of non-ortho nitro benzene ring substituents is 1. The van der Waals surface area contributed by atoms with Crippen LogP contribution >= 0.6 is 0 Å². The molecule has 0 saturated carbocycles. The number of H-pyrrole nitrogens is 3. The monoisotopic (exact) mass is 485 g/mol. The molecular formula is C24H23N9O3. The van der Waals surface area contributed by atoms with E-state index in [1.54, 1.807) is 36.4 Å². The molecule has 12 nitrogen and oxygen atoms in total. The van der Waals surface area contributed by atoms with Crippen LogP contribution in [0.5, 0.6) is 0 Å². The number of nitrogens with one attached hydrogen (secondary N) is 5. The van der Waals surface area contributed by atoms with E-state index >= 15 is 0 Å². The van der Waals surface area contributed by atoms with Crippen molar-refractivity contribution in [2.75, 3.05) is 10.6 Å². The molecule has 0 atom stereocenters. The Morgan fingerprint density at radius 2 is 1.78 bits per heavy atom. The van der Waals surface area contributed by atoms with E-state index in [2.05, 4.69) is 61.8 Å². The first-order valence-corrected chi connectivity index (χ1v) is 11.1. The van der Waals surface area contributed by atoms with Crippen molar-refractivity contribution in [2.45, 2.75) is 26.2 Å². The third-order valence-electron chi connectivity index (χ3n) is 5.55. The number of nitrogens with zero attached hydrogens (tertiary/aromatic N) is 4. The smallest absolute Gasteiger partial charge is 0.271 e. The highest BCUT2D eigenvalue weighted by molar-refractivity contribution is 5.82. The zero-order valence-corrected chi connectivity index (χ0v) is 19.7. The second-order valence-electron chi connectivity index (χ2n) is 9.28. The standard InChI is InChI=1S/C24H23N9O3/c1-24(2,3)19-12-21(31-30-19)27-20-11-17(13-5-4-6-15(9-13)33(35)36)26-23(28-20)25-14-7-8-16-18(10-14)29-32-22(16)34/h4-12H,1-3H3,(H2,29,32,34)(H3,25,26,27,28,30,31). The van der Waals surface area contributed by atoms with E-state index in [0.29, 0.717) is 39.5 Å². The van der Waals surface area contributed by atoms with Crippen LogP contribution in [0.4, 0.5) is 29.0 Å². The molecule has 0 unspecified atom stereocenters. The Bertz CT molecular complexity index is 1640. The molecule has 0 aliphatic rings. The lowest BCUT2D eigenvalue weighted by Gasteiger charge is -2.14. The van der Waals surface area contributed by atoms with Gasteiger partial charge in [-0.05, 0) is 18.2 Å². The van der Waals surface area contributed by atoms with E-state index < -0.39 is 4.92 Å². The fourth-order valence-electron chi connectivity index (χ4n) is 3.64. The normalized spacial score (nSPS) is 11.5. The second-order valence-corrected chi connectivity index (χ2v) is 9.28. The largest absolute Gasteiger partial charge is 0.324 e. The summed E-state index contributed by atoms with van der Waals surface area (Å²) in [6.45, 7) is 6.23. The molecular weight excluding hydrogens is 462 g/mol. The van der Waals surface area contributed by atoms with E-state index in [4.69, 9.17) is 0 Å². The first-order chi connectivity index (χ1) is 17.2. The summed E-state index contributed by atoms with van der Waals surface area (Å²) in [7, 11) is 0. The van der Waals surface area contributed by atoms with Crippen LogP contribution in [0, 0.1) is 10.1 Å². The second kappa shape index (κ2) is 8.65. The molecule has 12 heteroatoms. The molecule has 0 bridgehead atoms. The predicted octanol–water partition coefficient (Wildman–Crippen LogP) is 4.73. The van der Waals surface area contributed by atoms with Gasteiger partial charge in [0, 0.05) is 46.6 Å². The first-order valence-electron chi connectivity index (χ1n) is 11.1. The zero-order chi connectivity index (χ0) is 25.4. The maximum atomic E-state index is 11.8. The summed E-state index contributed by atoms with van der Waals surface area (Å²) in [6, 6.07) is 15.0. The molecule has 3 heterocycles. The van der Waals surface area contributed by atoms with Crippen molar-refractivity contribution in [1.82, 2.24) is 30.4 Å². The third-order valence-corrected chi connectivity index (χ3v) is 5.55. The fraction of sp³-hybridized carbons (Fsp3) is 0.167. The van der Waals surface area contributed by atoms with E-state index in [-0.39, 0.29) is 22.6 Å². The quantitative estimate of drug-likeness (QED) is 0.170. The Balaban J connectivity index is 1.54. The minimum Gasteiger partial charge on any atom is -0.324 e. The Labute approximate surface area is 204 Å². The summed E-state index contributed by atoms with van der Waals surface area (Å²) in [4.78, 5) is 31.8. The van der Waals surface area contributed by atoms with E-state index in [9.17, 15) is 14.9 Å². The molecule has 5 N–H and O–H groups in total. The van der Waals surface area contributed by atoms with Gasteiger partial charge in [-0.25, -0.2) is 4.98 Å². The Morgan fingerprint density at radius 3 is 2.53 bits per heavy atom. The van der Waals surface area contributed by atoms with Crippen LogP contribution in [-0.2, 0) is 5.41 Å². The third kappa shape index (κ3) is 4.64. The minimum absolute atomic E-state index is 0.0425. The summed E-state index contributed by atoms with van der Waals surface area (Å²) in [5, 5.41) is 30.9. The number of rotatable bonds is 6. The number of fused-ring (bicyclic) bond motifs is 1. The molecule has 0 aliphatic heterocycles. The highest BCUT2D eigenvalue weighted by Gasteiger charge is 2.18. The van der Waals surface area contributed by atoms with Crippen molar-refractivity contribution >= 4 is 39.9 Å². The number of aromatic amines is 3. The van der Waals surface area contributed by atoms with Crippen LogP contribution in [0.25, 0.3) is 22.2 Å². The predicted molar refractivity (Wildman–Crippen MR) is 137 cm³/mol. The molecule has 0 aliphatic carbocycles.